The number of ether oxygens (including phenoxy) is 1. The molecule has 7 heteroatoms. The van der Waals surface area contributed by atoms with Crippen molar-refractivity contribution in [1.82, 2.24) is 15.2 Å². The molecule has 3 aromatic rings. The van der Waals surface area contributed by atoms with E-state index in [4.69, 9.17) is 4.74 Å². The van der Waals surface area contributed by atoms with E-state index in [0.717, 1.165) is 54.5 Å². The minimum atomic E-state index is -0.643. The number of carbonyl (C=O) groups is 2. The third-order valence-corrected chi connectivity index (χ3v) is 7.87. The van der Waals surface area contributed by atoms with Crippen molar-refractivity contribution in [1.29, 1.82) is 0 Å². The van der Waals surface area contributed by atoms with E-state index in [0.29, 0.717) is 31.7 Å². The van der Waals surface area contributed by atoms with Crippen molar-refractivity contribution < 1.29 is 18.7 Å². The molecule has 6 nitrogen and oxygen atoms in total. The molecule has 0 saturated heterocycles. The van der Waals surface area contributed by atoms with Crippen molar-refractivity contribution in [3.8, 4) is 5.75 Å². The normalized spacial score (nSPS) is 17.9. The molecule has 0 bridgehead atoms. The predicted molar refractivity (Wildman–Crippen MR) is 148 cm³/mol. The van der Waals surface area contributed by atoms with Crippen molar-refractivity contribution in [3.63, 3.8) is 0 Å². The number of fused-ring (bicyclic) bond motifs is 1. The Morgan fingerprint density at radius 2 is 1.90 bits per heavy atom. The Morgan fingerprint density at radius 3 is 2.62 bits per heavy atom. The van der Waals surface area contributed by atoms with E-state index in [1.807, 2.05) is 48.2 Å². The first kappa shape index (κ1) is 26.9. The summed E-state index contributed by atoms with van der Waals surface area (Å²) in [6.07, 6.45) is 7.03. The summed E-state index contributed by atoms with van der Waals surface area (Å²) in [4.78, 5) is 32.8. The van der Waals surface area contributed by atoms with Gasteiger partial charge in [0.25, 0.3) is 5.91 Å². The molecule has 1 saturated carbocycles. The molecule has 2 heterocycles. The molecule has 2 amide bonds. The second kappa shape index (κ2) is 12.4. The molecule has 204 valence electrons. The van der Waals surface area contributed by atoms with Gasteiger partial charge in [-0.15, -0.1) is 0 Å². The first-order chi connectivity index (χ1) is 19.0. The lowest BCUT2D eigenvalue weighted by atomic mass is 9.87. The first-order valence-corrected chi connectivity index (χ1v) is 14.1. The van der Waals surface area contributed by atoms with Gasteiger partial charge in [0.2, 0.25) is 5.91 Å². The number of hydrogen-bond acceptors (Lipinski definition) is 4. The Labute approximate surface area is 229 Å². The molecule has 5 rings (SSSR count). The molecule has 2 aliphatic rings. The average Bonchev–Trinajstić information content (AvgIpc) is 3.51. The smallest absolute Gasteiger partial charge is 0.261 e. The van der Waals surface area contributed by atoms with Crippen LogP contribution in [-0.4, -0.2) is 40.9 Å². The van der Waals surface area contributed by atoms with Crippen molar-refractivity contribution >= 4 is 11.8 Å². The zero-order valence-corrected chi connectivity index (χ0v) is 22.4. The molecular weight excluding hydrogens is 493 g/mol. The van der Waals surface area contributed by atoms with Crippen LogP contribution in [0.1, 0.15) is 67.5 Å². The number of halogens is 1. The summed E-state index contributed by atoms with van der Waals surface area (Å²) < 4.78 is 20.0. The predicted octanol–water partition coefficient (Wildman–Crippen LogP) is 5.40. The van der Waals surface area contributed by atoms with Crippen molar-refractivity contribution in [2.75, 3.05) is 13.1 Å². The Morgan fingerprint density at radius 1 is 1.10 bits per heavy atom. The molecule has 1 N–H and O–H groups in total. The SMILES string of the molecule is CCC(Oc1ccc2c(c1)C(c1ccc(F)cc1)N(C(=O)C1CCCC1)CC2)C(=O)NCCc1ccccn1. The third-order valence-electron chi connectivity index (χ3n) is 7.87. The number of hydrogen-bond donors (Lipinski definition) is 1. The largest absolute Gasteiger partial charge is 0.481 e. The number of amides is 2. The number of benzene rings is 2. The molecule has 1 aliphatic heterocycles. The summed E-state index contributed by atoms with van der Waals surface area (Å²) in [6, 6.07) is 17.7. The van der Waals surface area contributed by atoms with Gasteiger partial charge in [0.15, 0.2) is 6.10 Å². The van der Waals surface area contributed by atoms with Crippen LogP contribution in [-0.2, 0) is 22.4 Å². The van der Waals surface area contributed by atoms with Gasteiger partial charge in [-0.1, -0.05) is 44.0 Å². The molecule has 0 spiro atoms. The van der Waals surface area contributed by atoms with E-state index in [-0.39, 0.29) is 29.6 Å². The van der Waals surface area contributed by atoms with Gasteiger partial charge in [-0.25, -0.2) is 4.39 Å². The van der Waals surface area contributed by atoms with Crippen LogP contribution in [0, 0.1) is 11.7 Å². The maximum absolute atomic E-state index is 13.8. The maximum Gasteiger partial charge on any atom is 0.261 e. The van der Waals surface area contributed by atoms with Crippen LogP contribution in [0.15, 0.2) is 66.9 Å². The standard InChI is InChI=1S/C32H36FN3O3/c1-2-29(31(37)35-19-16-26-9-5-6-18-34-26)39-27-15-12-22-17-20-36(32(38)24-7-3-4-8-24)30(28(22)21-27)23-10-13-25(33)14-11-23/h5-6,9-15,18,21,24,29-30H,2-4,7-8,16-17,19-20H2,1H3,(H,35,37). The minimum Gasteiger partial charge on any atom is -0.481 e. The molecule has 1 aliphatic carbocycles. The number of pyridine rings is 1. The van der Waals surface area contributed by atoms with Crippen LogP contribution >= 0.6 is 0 Å². The van der Waals surface area contributed by atoms with E-state index in [1.165, 1.54) is 12.1 Å². The summed E-state index contributed by atoms with van der Waals surface area (Å²) >= 11 is 0. The van der Waals surface area contributed by atoms with Crippen LogP contribution < -0.4 is 10.1 Å². The number of aromatic nitrogens is 1. The summed E-state index contributed by atoms with van der Waals surface area (Å²) in [7, 11) is 0. The maximum atomic E-state index is 13.8. The summed E-state index contributed by atoms with van der Waals surface area (Å²) in [5.74, 6) is 0.341. The lowest BCUT2D eigenvalue weighted by Gasteiger charge is -2.39. The fraction of sp³-hybridized carbons (Fsp3) is 0.406. The van der Waals surface area contributed by atoms with E-state index >= 15 is 0 Å². The summed E-state index contributed by atoms with van der Waals surface area (Å²) in [6.45, 7) is 3.02. The van der Waals surface area contributed by atoms with E-state index in [9.17, 15) is 14.0 Å². The van der Waals surface area contributed by atoms with Gasteiger partial charge in [0.05, 0.1) is 6.04 Å². The number of nitrogens with one attached hydrogen (secondary N) is 1. The van der Waals surface area contributed by atoms with E-state index in [2.05, 4.69) is 10.3 Å². The molecule has 2 aromatic carbocycles. The van der Waals surface area contributed by atoms with Crippen molar-refractivity contribution in [2.24, 2.45) is 5.92 Å². The van der Waals surface area contributed by atoms with Gasteiger partial charge in [-0.05, 0) is 78.8 Å². The summed E-state index contributed by atoms with van der Waals surface area (Å²) in [5.41, 5.74) is 3.91. The Hall–Kier alpha value is -3.74. The van der Waals surface area contributed by atoms with E-state index in [1.54, 1.807) is 18.3 Å². The van der Waals surface area contributed by atoms with Gasteiger partial charge in [-0.2, -0.15) is 0 Å². The fourth-order valence-electron chi connectivity index (χ4n) is 5.78. The van der Waals surface area contributed by atoms with Crippen LogP contribution in [0.4, 0.5) is 4.39 Å². The van der Waals surface area contributed by atoms with Gasteiger partial charge in [-0.3, -0.25) is 14.6 Å². The first-order valence-electron chi connectivity index (χ1n) is 14.1. The fourth-order valence-corrected chi connectivity index (χ4v) is 5.78. The average molecular weight is 530 g/mol. The Bertz CT molecular complexity index is 1280. The molecule has 39 heavy (non-hydrogen) atoms. The molecule has 0 radical (unpaired) electrons. The van der Waals surface area contributed by atoms with Crippen LogP contribution in [0.5, 0.6) is 5.75 Å². The van der Waals surface area contributed by atoms with Gasteiger partial charge in [0.1, 0.15) is 11.6 Å². The topological polar surface area (TPSA) is 71.5 Å². The lowest BCUT2D eigenvalue weighted by Crippen LogP contribution is -2.43. The molecule has 2 unspecified atom stereocenters. The molecule has 1 fully saturated rings. The second-order valence-corrected chi connectivity index (χ2v) is 10.5. The number of carbonyl (C=O) groups excluding carboxylic acids is 2. The van der Waals surface area contributed by atoms with Crippen LogP contribution in [0.2, 0.25) is 0 Å². The van der Waals surface area contributed by atoms with Crippen LogP contribution in [0.3, 0.4) is 0 Å². The second-order valence-electron chi connectivity index (χ2n) is 10.5. The molecule has 1 aromatic heterocycles. The zero-order valence-electron chi connectivity index (χ0n) is 22.4. The molecular formula is C32H36FN3O3. The lowest BCUT2D eigenvalue weighted by molar-refractivity contribution is -0.137. The highest BCUT2D eigenvalue weighted by molar-refractivity contribution is 5.81. The van der Waals surface area contributed by atoms with Crippen LogP contribution in [0.25, 0.3) is 0 Å². The van der Waals surface area contributed by atoms with Gasteiger partial charge in [0, 0.05) is 37.3 Å². The minimum absolute atomic E-state index is 0.0492. The van der Waals surface area contributed by atoms with Crippen molar-refractivity contribution in [2.45, 2.75) is 64.0 Å². The zero-order chi connectivity index (χ0) is 27.2. The Kier molecular flexibility index (Phi) is 8.54. The highest BCUT2D eigenvalue weighted by Crippen LogP contribution is 2.40. The Balaban J connectivity index is 1.35. The third kappa shape index (κ3) is 6.29. The monoisotopic (exact) mass is 529 g/mol. The van der Waals surface area contributed by atoms with Crippen molar-refractivity contribution in [3.05, 3.63) is 95.1 Å². The number of rotatable bonds is 9. The highest BCUT2D eigenvalue weighted by atomic mass is 19.1. The van der Waals surface area contributed by atoms with E-state index < -0.39 is 6.10 Å². The number of nitrogens with zero attached hydrogens (tertiary/aromatic N) is 2. The summed E-state index contributed by atoms with van der Waals surface area (Å²) in [5, 5.41) is 2.97. The van der Waals surface area contributed by atoms with Gasteiger partial charge < -0.3 is 15.0 Å². The van der Waals surface area contributed by atoms with Gasteiger partial charge >= 0.3 is 0 Å². The molecule has 2 atom stereocenters. The highest BCUT2D eigenvalue weighted by Gasteiger charge is 2.36. The quantitative estimate of drug-likeness (QED) is 0.403.